The molecule has 0 radical (unpaired) electrons. The molecule has 14 heavy (non-hydrogen) atoms. The van der Waals surface area contributed by atoms with E-state index in [1.165, 1.54) is 14.2 Å². The number of hydrogen-bond acceptors (Lipinski definition) is 3. The number of alkyl halides is 1. The molecule has 0 aliphatic carbocycles. The summed E-state index contributed by atoms with van der Waals surface area (Å²) in [6, 6.07) is 5.06. The maximum Gasteiger partial charge on any atom is 0.166 e. The molecule has 4 heteroatoms. The highest BCUT2D eigenvalue weighted by Gasteiger charge is 2.16. The minimum atomic E-state index is -1.22. The average Bonchev–Trinajstić information content (AvgIpc) is 2.26. The lowest BCUT2D eigenvalue weighted by molar-refractivity contribution is 0.315. The predicted octanol–water partition coefficient (Wildman–Crippen LogP) is 1.67. The summed E-state index contributed by atoms with van der Waals surface area (Å²) >= 11 is 0. The Morgan fingerprint density at radius 1 is 1.36 bits per heavy atom. The highest BCUT2D eigenvalue weighted by molar-refractivity contribution is 5.47. The Morgan fingerprint density at radius 2 is 2.07 bits per heavy atom. The lowest BCUT2D eigenvalue weighted by Gasteiger charge is -2.14. The van der Waals surface area contributed by atoms with Crippen LogP contribution in [0.25, 0.3) is 0 Å². The number of benzene rings is 1. The molecule has 1 atom stereocenters. The van der Waals surface area contributed by atoms with E-state index in [1.807, 2.05) is 0 Å². The highest BCUT2D eigenvalue weighted by atomic mass is 19.1. The number of nitrogens with two attached hydrogens (primary N) is 1. The first-order valence-corrected chi connectivity index (χ1v) is 4.29. The zero-order valence-corrected chi connectivity index (χ0v) is 8.29. The third kappa shape index (κ3) is 1.96. The van der Waals surface area contributed by atoms with Crippen molar-refractivity contribution in [2.45, 2.75) is 6.17 Å². The van der Waals surface area contributed by atoms with Crippen LogP contribution < -0.4 is 15.2 Å². The molecule has 0 saturated carbocycles. The second kappa shape index (κ2) is 4.81. The van der Waals surface area contributed by atoms with Crippen LogP contribution >= 0.6 is 0 Å². The van der Waals surface area contributed by atoms with E-state index in [0.717, 1.165) is 0 Å². The van der Waals surface area contributed by atoms with Gasteiger partial charge in [-0.3, -0.25) is 0 Å². The van der Waals surface area contributed by atoms with Crippen molar-refractivity contribution in [2.24, 2.45) is 5.73 Å². The summed E-state index contributed by atoms with van der Waals surface area (Å²) in [6.07, 6.45) is -1.22. The van der Waals surface area contributed by atoms with E-state index in [9.17, 15) is 4.39 Å². The summed E-state index contributed by atoms with van der Waals surface area (Å²) in [7, 11) is 2.99. The number of ether oxygens (including phenoxy) is 2. The molecule has 78 valence electrons. The second-order valence-electron chi connectivity index (χ2n) is 2.79. The van der Waals surface area contributed by atoms with Gasteiger partial charge in [-0.25, -0.2) is 4.39 Å². The minimum Gasteiger partial charge on any atom is -0.493 e. The van der Waals surface area contributed by atoms with Crippen molar-refractivity contribution in [3.63, 3.8) is 0 Å². The molecular formula is C10H14FNO2. The summed E-state index contributed by atoms with van der Waals surface area (Å²) < 4.78 is 23.5. The first kappa shape index (κ1) is 10.8. The molecule has 1 unspecified atom stereocenters. The molecule has 0 aromatic heterocycles. The Kier molecular flexibility index (Phi) is 3.71. The summed E-state index contributed by atoms with van der Waals surface area (Å²) in [4.78, 5) is 0. The maximum absolute atomic E-state index is 13.4. The molecule has 0 fully saturated rings. The van der Waals surface area contributed by atoms with Gasteiger partial charge in [0.05, 0.1) is 14.2 Å². The number of halogens is 1. The van der Waals surface area contributed by atoms with Crippen LogP contribution in [0.5, 0.6) is 11.5 Å². The predicted molar refractivity (Wildman–Crippen MR) is 52.4 cm³/mol. The Labute approximate surface area is 82.6 Å². The van der Waals surface area contributed by atoms with E-state index in [2.05, 4.69) is 0 Å². The molecule has 0 heterocycles. The zero-order chi connectivity index (χ0) is 10.6. The van der Waals surface area contributed by atoms with E-state index in [-0.39, 0.29) is 6.54 Å². The normalized spacial score (nSPS) is 12.3. The topological polar surface area (TPSA) is 44.5 Å². The van der Waals surface area contributed by atoms with Crippen LogP contribution in [-0.2, 0) is 0 Å². The van der Waals surface area contributed by atoms with Crippen molar-refractivity contribution < 1.29 is 13.9 Å². The third-order valence-electron chi connectivity index (χ3n) is 1.98. The van der Waals surface area contributed by atoms with Gasteiger partial charge in [0.25, 0.3) is 0 Å². The quantitative estimate of drug-likeness (QED) is 0.802. The standard InChI is InChI=1S/C10H14FNO2/c1-13-9-5-3-4-7(8(11)6-12)10(9)14-2/h3-5,8H,6,12H2,1-2H3. The monoisotopic (exact) mass is 199 g/mol. The van der Waals surface area contributed by atoms with E-state index in [1.54, 1.807) is 18.2 Å². The Hall–Kier alpha value is -1.29. The summed E-state index contributed by atoms with van der Waals surface area (Å²) in [5, 5.41) is 0. The molecule has 1 aromatic carbocycles. The fourth-order valence-electron chi connectivity index (χ4n) is 1.29. The molecule has 0 saturated heterocycles. The van der Waals surface area contributed by atoms with E-state index < -0.39 is 6.17 Å². The van der Waals surface area contributed by atoms with Gasteiger partial charge in [0.2, 0.25) is 0 Å². The maximum atomic E-state index is 13.4. The summed E-state index contributed by atoms with van der Waals surface area (Å²) in [6.45, 7) is -0.0659. The van der Waals surface area contributed by atoms with Crippen molar-refractivity contribution in [3.05, 3.63) is 23.8 Å². The third-order valence-corrected chi connectivity index (χ3v) is 1.98. The molecule has 0 spiro atoms. The van der Waals surface area contributed by atoms with Crippen LogP contribution in [-0.4, -0.2) is 20.8 Å². The van der Waals surface area contributed by atoms with Crippen LogP contribution in [0, 0.1) is 0 Å². The number of methoxy groups -OCH3 is 2. The van der Waals surface area contributed by atoms with Crippen LogP contribution in [0.2, 0.25) is 0 Å². The van der Waals surface area contributed by atoms with Gasteiger partial charge in [0.1, 0.15) is 6.17 Å². The minimum absolute atomic E-state index is 0.0659. The fraction of sp³-hybridized carbons (Fsp3) is 0.400. The van der Waals surface area contributed by atoms with Crippen LogP contribution in [0.3, 0.4) is 0 Å². The van der Waals surface area contributed by atoms with Gasteiger partial charge in [0.15, 0.2) is 11.5 Å². The Bertz CT molecular complexity index is 304. The lowest BCUT2D eigenvalue weighted by Crippen LogP contribution is -2.09. The van der Waals surface area contributed by atoms with Crippen LogP contribution in [0.1, 0.15) is 11.7 Å². The van der Waals surface area contributed by atoms with E-state index >= 15 is 0 Å². The molecule has 3 nitrogen and oxygen atoms in total. The van der Waals surface area contributed by atoms with Crippen molar-refractivity contribution in [1.29, 1.82) is 0 Å². The number of rotatable bonds is 4. The molecule has 0 amide bonds. The molecular weight excluding hydrogens is 185 g/mol. The molecule has 1 rings (SSSR count). The zero-order valence-electron chi connectivity index (χ0n) is 8.29. The van der Waals surface area contributed by atoms with Gasteiger partial charge in [-0.05, 0) is 6.07 Å². The number of para-hydroxylation sites is 1. The molecule has 0 bridgehead atoms. The van der Waals surface area contributed by atoms with E-state index in [0.29, 0.717) is 17.1 Å². The molecule has 2 N–H and O–H groups in total. The van der Waals surface area contributed by atoms with Crippen molar-refractivity contribution in [2.75, 3.05) is 20.8 Å². The fourth-order valence-corrected chi connectivity index (χ4v) is 1.29. The van der Waals surface area contributed by atoms with Crippen molar-refractivity contribution in [3.8, 4) is 11.5 Å². The SMILES string of the molecule is COc1cccc(C(F)CN)c1OC. The lowest BCUT2D eigenvalue weighted by atomic mass is 10.1. The van der Waals surface area contributed by atoms with Gasteiger partial charge in [-0.2, -0.15) is 0 Å². The first-order chi connectivity index (χ1) is 6.74. The van der Waals surface area contributed by atoms with Crippen LogP contribution in [0.4, 0.5) is 4.39 Å². The largest absolute Gasteiger partial charge is 0.493 e. The highest BCUT2D eigenvalue weighted by Crippen LogP contribution is 2.35. The van der Waals surface area contributed by atoms with Crippen LogP contribution in [0.15, 0.2) is 18.2 Å². The van der Waals surface area contributed by atoms with Gasteiger partial charge in [-0.15, -0.1) is 0 Å². The average molecular weight is 199 g/mol. The smallest absolute Gasteiger partial charge is 0.166 e. The summed E-state index contributed by atoms with van der Waals surface area (Å²) in [5.74, 6) is 0.925. The molecule has 1 aromatic rings. The molecule has 0 aliphatic rings. The van der Waals surface area contributed by atoms with Gasteiger partial charge >= 0.3 is 0 Å². The van der Waals surface area contributed by atoms with E-state index in [4.69, 9.17) is 15.2 Å². The van der Waals surface area contributed by atoms with Gasteiger partial charge in [0, 0.05) is 12.1 Å². The number of hydrogen-bond donors (Lipinski definition) is 1. The van der Waals surface area contributed by atoms with Crippen molar-refractivity contribution in [1.82, 2.24) is 0 Å². The van der Waals surface area contributed by atoms with Crippen molar-refractivity contribution >= 4 is 0 Å². The summed E-state index contributed by atoms with van der Waals surface area (Å²) in [5.41, 5.74) is 5.67. The first-order valence-electron chi connectivity index (χ1n) is 4.29. The Morgan fingerprint density at radius 3 is 2.57 bits per heavy atom. The molecule has 0 aliphatic heterocycles. The Balaban J connectivity index is 3.14. The van der Waals surface area contributed by atoms with Gasteiger partial charge < -0.3 is 15.2 Å². The van der Waals surface area contributed by atoms with Gasteiger partial charge in [-0.1, -0.05) is 12.1 Å². The second-order valence-corrected chi connectivity index (χ2v) is 2.79.